The van der Waals surface area contributed by atoms with Crippen molar-refractivity contribution in [2.75, 3.05) is 29.0 Å². The number of anilines is 4. The van der Waals surface area contributed by atoms with Gasteiger partial charge >= 0.3 is 0 Å². The van der Waals surface area contributed by atoms with Crippen LogP contribution < -0.4 is 16.0 Å². The van der Waals surface area contributed by atoms with Gasteiger partial charge in [0.05, 0.1) is 5.69 Å². The average molecular weight is 282 g/mol. The Morgan fingerprint density at radius 2 is 1.76 bits per heavy atom. The lowest BCUT2D eigenvalue weighted by Gasteiger charge is -2.28. The number of nitrogens with zero attached hydrogens (tertiary/aromatic N) is 2. The number of hydrogen-bond acceptors (Lipinski definition) is 4. The van der Waals surface area contributed by atoms with E-state index in [0.29, 0.717) is 5.69 Å². The lowest BCUT2D eigenvalue weighted by Crippen LogP contribution is -2.29. The molecular formula is C17H22N4. The van der Waals surface area contributed by atoms with Crippen LogP contribution in [0.4, 0.5) is 22.9 Å². The maximum absolute atomic E-state index is 6.04. The van der Waals surface area contributed by atoms with Crippen LogP contribution in [0.1, 0.15) is 24.8 Å². The molecule has 0 aliphatic carbocycles. The second-order valence-electron chi connectivity index (χ2n) is 5.61. The molecule has 0 spiro atoms. The molecule has 1 aliphatic heterocycles. The summed E-state index contributed by atoms with van der Waals surface area (Å²) in [6, 6.07) is 10.4. The molecule has 110 valence electrons. The molecule has 1 aromatic heterocycles. The maximum Gasteiger partial charge on any atom is 0.153 e. The monoisotopic (exact) mass is 282 g/mol. The Bertz CT molecular complexity index is 601. The van der Waals surface area contributed by atoms with E-state index in [-0.39, 0.29) is 0 Å². The fraction of sp³-hybridized carbons (Fsp3) is 0.353. The van der Waals surface area contributed by atoms with Crippen molar-refractivity contribution in [3.63, 3.8) is 0 Å². The third-order valence-electron chi connectivity index (χ3n) is 4.06. The Labute approximate surface area is 126 Å². The summed E-state index contributed by atoms with van der Waals surface area (Å²) in [7, 11) is 0. The van der Waals surface area contributed by atoms with Crippen LogP contribution in [0.2, 0.25) is 0 Å². The highest BCUT2D eigenvalue weighted by Crippen LogP contribution is 2.26. The van der Waals surface area contributed by atoms with E-state index in [4.69, 9.17) is 5.73 Å². The van der Waals surface area contributed by atoms with Crippen LogP contribution in [0.5, 0.6) is 0 Å². The molecule has 3 rings (SSSR count). The van der Waals surface area contributed by atoms with Crippen LogP contribution in [0.3, 0.4) is 0 Å². The maximum atomic E-state index is 6.04. The van der Waals surface area contributed by atoms with Gasteiger partial charge in [-0.05, 0) is 62.1 Å². The summed E-state index contributed by atoms with van der Waals surface area (Å²) in [6.07, 6.45) is 5.72. The minimum absolute atomic E-state index is 0.706. The Balaban J connectivity index is 1.73. The smallest absolute Gasteiger partial charge is 0.153 e. The molecule has 2 heterocycles. The zero-order valence-corrected chi connectivity index (χ0v) is 12.5. The Hall–Kier alpha value is -2.23. The van der Waals surface area contributed by atoms with Gasteiger partial charge in [-0.25, -0.2) is 4.98 Å². The van der Waals surface area contributed by atoms with Gasteiger partial charge in [-0.1, -0.05) is 0 Å². The van der Waals surface area contributed by atoms with E-state index < -0.39 is 0 Å². The van der Waals surface area contributed by atoms with E-state index in [9.17, 15) is 0 Å². The number of piperidine rings is 1. The molecule has 21 heavy (non-hydrogen) atoms. The number of nitrogens with two attached hydrogens (primary N) is 1. The molecule has 0 bridgehead atoms. The molecule has 0 unspecified atom stereocenters. The molecule has 2 aromatic rings. The normalized spacial score (nSPS) is 15.0. The summed E-state index contributed by atoms with van der Waals surface area (Å²) in [4.78, 5) is 6.75. The highest BCUT2D eigenvalue weighted by Gasteiger charge is 2.10. The summed E-state index contributed by atoms with van der Waals surface area (Å²) in [5, 5.41) is 3.29. The Morgan fingerprint density at radius 1 is 1.05 bits per heavy atom. The van der Waals surface area contributed by atoms with Crippen LogP contribution in [0, 0.1) is 6.92 Å². The van der Waals surface area contributed by atoms with Crippen molar-refractivity contribution >= 4 is 22.9 Å². The van der Waals surface area contributed by atoms with Crippen molar-refractivity contribution in [1.29, 1.82) is 0 Å². The van der Waals surface area contributed by atoms with Crippen LogP contribution in [0.25, 0.3) is 0 Å². The Kier molecular flexibility index (Phi) is 3.95. The molecule has 3 N–H and O–H groups in total. The summed E-state index contributed by atoms with van der Waals surface area (Å²) in [5.74, 6) is 0.723. The summed E-state index contributed by atoms with van der Waals surface area (Å²) < 4.78 is 0. The van der Waals surface area contributed by atoms with Gasteiger partial charge in [0.25, 0.3) is 0 Å². The average Bonchev–Trinajstić information content (AvgIpc) is 2.53. The molecule has 1 fully saturated rings. The first-order chi connectivity index (χ1) is 10.2. The van der Waals surface area contributed by atoms with Gasteiger partial charge in [-0.3, -0.25) is 0 Å². The van der Waals surface area contributed by atoms with Crippen molar-refractivity contribution in [3.8, 4) is 0 Å². The van der Waals surface area contributed by atoms with E-state index in [0.717, 1.165) is 17.1 Å². The van der Waals surface area contributed by atoms with Gasteiger partial charge in [0.15, 0.2) is 5.82 Å². The molecule has 0 atom stereocenters. The molecule has 0 amide bonds. The molecule has 1 aliphatic rings. The summed E-state index contributed by atoms with van der Waals surface area (Å²) in [6.45, 7) is 4.32. The number of aromatic nitrogens is 1. The summed E-state index contributed by atoms with van der Waals surface area (Å²) in [5.41, 5.74) is 10.1. The molecule has 4 nitrogen and oxygen atoms in total. The zero-order valence-electron chi connectivity index (χ0n) is 12.5. The van der Waals surface area contributed by atoms with E-state index >= 15 is 0 Å². The largest absolute Gasteiger partial charge is 0.396 e. The minimum atomic E-state index is 0.706. The standard InChI is InChI=1S/C17H22N4/c1-13-9-10-19-17(16(13)18)20-14-5-7-15(8-6-14)21-11-3-2-4-12-21/h5-10H,2-4,11-12,18H2,1H3,(H,19,20). The SMILES string of the molecule is Cc1ccnc(Nc2ccc(N3CCCCC3)cc2)c1N. The van der Waals surface area contributed by atoms with Crippen molar-refractivity contribution < 1.29 is 0 Å². The number of aryl methyl sites for hydroxylation is 1. The van der Waals surface area contributed by atoms with E-state index in [2.05, 4.69) is 39.5 Å². The quantitative estimate of drug-likeness (QED) is 0.901. The number of pyridine rings is 1. The first-order valence-electron chi connectivity index (χ1n) is 7.57. The number of benzene rings is 1. The van der Waals surface area contributed by atoms with Gasteiger partial charge in [0.1, 0.15) is 0 Å². The Morgan fingerprint density at radius 3 is 2.48 bits per heavy atom. The molecule has 0 saturated carbocycles. The first kappa shape index (κ1) is 13.7. The van der Waals surface area contributed by atoms with Crippen molar-refractivity contribution in [2.24, 2.45) is 0 Å². The van der Waals surface area contributed by atoms with Crippen molar-refractivity contribution in [1.82, 2.24) is 4.98 Å². The minimum Gasteiger partial charge on any atom is -0.396 e. The highest BCUT2D eigenvalue weighted by molar-refractivity contribution is 5.71. The number of rotatable bonds is 3. The number of nitrogen functional groups attached to an aromatic ring is 1. The van der Waals surface area contributed by atoms with Gasteiger partial charge in [0, 0.05) is 30.7 Å². The van der Waals surface area contributed by atoms with Gasteiger partial charge in [0.2, 0.25) is 0 Å². The number of hydrogen-bond donors (Lipinski definition) is 2. The number of nitrogens with one attached hydrogen (secondary N) is 1. The van der Waals surface area contributed by atoms with Crippen LogP contribution in [-0.2, 0) is 0 Å². The zero-order chi connectivity index (χ0) is 14.7. The van der Waals surface area contributed by atoms with Crippen molar-refractivity contribution in [3.05, 3.63) is 42.1 Å². The predicted molar refractivity (Wildman–Crippen MR) is 89.2 cm³/mol. The van der Waals surface area contributed by atoms with E-state index in [1.807, 2.05) is 13.0 Å². The summed E-state index contributed by atoms with van der Waals surface area (Å²) >= 11 is 0. The fourth-order valence-corrected chi connectivity index (χ4v) is 2.71. The molecule has 1 saturated heterocycles. The predicted octanol–water partition coefficient (Wildman–Crippen LogP) is 3.71. The van der Waals surface area contributed by atoms with Gasteiger partial charge in [-0.15, -0.1) is 0 Å². The van der Waals surface area contributed by atoms with Crippen LogP contribution >= 0.6 is 0 Å². The molecule has 1 aromatic carbocycles. The third kappa shape index (κ3) is 3.10. The highest BCUT2D eigenvalue weighted by atomic mass is 15.1. The van der Waals surface area contributed by atoms with Gasteiger partial charge < -0.3 is 16.0 Å². The van der Waals surface area contributed by atoms with E-state index in [1.54, 1.807) is 6.20 Å². The van der Waals surface area contributed by atoms with Crippen LogP contribution in [0.15, 0.2) is 36.5 Å². The fourth-order valence-electron chi connectivity index (χ4n) is 2.71. The lowest BCUT2D eigenvalue weighted by molar-refractivity contribution is 0.578. The lowest BCUT2D eigenvalue weighted by atomic mass is 10.1. The topological polar surface area (TPSA) is 54.2 Å². The third-order valence-corrected chi connectivity index (χ3v) is 4.06. The van der Waals surface area contributed by atoms with E-state index in [1.165, 1.54) is 38.0 Å². The van der Waals surface area contributed by atoms with Crippen LogP contribution in [-0.4, -0.2) is 18.1 Å². The molecule has 0 radical (unpaired) electrons. The first-order valence-corrected chi connectivity index (χ1v) is 7.57. The molecule has 4 heteroatoms. The second-order valence-corrected chi connectivity index (χ2v) is 5.61. The van der Waals surface area contributed by atoms with Crippen molar-refractivity contribution in [2.45, 2.75) is 26.2 Å². The van der Waals surface area contributed by atoms with Gasteiger partial charge in [-0.2, -0.15) is 0 Å². The molecular weight excluding hydrogens is 260 g/mol. The second kappa shape index (κ2) is 6.04.